The van der Waals surface area contributed by atoms with Crippen LogP contribution in [-0.4, -0.2) is 23.6 Å². The molecule has 0 saturated heterocycles. The Morgan fingerprint density at radius 3 is 2.69 bits per heavy atom. The maximum absolute atomic E-state index is 5.66. The van der Waals surface area contributed by atoms with Crippen molar-refractivity contribution in [3.05, 3.63) is 16.5 Å². The predicted molar refractivity (Wildman–Crippen MR) is 68.5 cm³/mol. The summed E-state index contributed by atoms with van der Waals surface area (Å²) in [6.07, 6.45) is 1.70. The molecule has 0 aliphatic rings. The van der Waals surface area contributed by atoms with Crippen LogP contribution in [0.5, 0.6) is 0 Å². The van der Waals surface area contributed by atoms with Crippen LogP contribution in [-0.2, 0) is 4.74 Å². The topological polar surface area (TPSA) is 47.0 Å². The van der Waals surface area contributed by atoms with Crippen LogP contribution < -0.4 is 5.32 Å². The van der Waals surface area contributed by atoms with Gasteiger partial charge < -0.3 is 10.1 Å². The minimum atomic E-state index is -0.0507. The minimum absolute atomic E-state index is 0.0507. The van der Waals surface area contributed by atoms with Crippen molar-refractivity contribution in [1.29, 1.82) is 0 Å². The van der Waals surface area contributed by atoms with Gasteiger partial charge in [0.1, 0.15) is 11.9 Å². The molecule has 0 fully saturated rings. The fourth-order valence-electron chi connectivity index (χ4n) is 1.44. The van der Waals surface area contributed by atoms with Crippen LogP contribution in [0.4, 0.5) is 5.82 Å². The van der Waals surface area contributed by atoms with E-state index in [9.17, 15) is 0 Å². The van der Waals surface area contributed by atoms with Gasteiger partial charge in [0.25, 0.3) is 0 Å². The number of rotatable bonds is 5. The number of nitrogens with zero attached hydrogens (tertiary/aromatic N) is 2. The van der Waals surface area contributed by atoms with Crippen molar-refractivity contribution in [3.63, 3.8) is 0 Å². The number of ether oxygens (including phenoxy) is 1. The molecule has 0 aromatic carbocycles. The van der Waals surface area contributed by atoms with E-state index in [1.54, 1.807) is 6.20 Å². The number of hydrogen-bond donors (Lipinski definition) is 1. The summed E-state index contributed by atoms with van der Waals surface area (Å²) in [5.74, 6) is 1.87. The second-order valence-electron chi connectivity index (χ2n) is 3.79. The third-order valence-corrected chi connectivity index (χ3v) is 2.79. The zero-order valence-corrected chi connectivity index (χ0v) is 11.7. The predicted octanol–water partition coefficient (Wildman–Crippen LogP) is 3.01. The van der Waals surface area contributed by atoms with Crippen LogP contribution in [0.2, 0.25) is 0 Å². The lowest BCUT2D eigenvalue weighted by atomic mass is 10.1. The molecule has 1 N–H and O–H groups in total. The highest BCUT2D eigenvalue weighted by molar-refractivity contribution is 9.10. The molecule has 0 spiro atoms. The van der Waals surface area contributed by atoms with E-state index in [1.165, 1.54) is 0 Å². The molecule has 0 aliphatic carbocycles. The second-order valence-corrected chi connectivity index (χ2v) is 4.65. The van der Waals surface area contributed by atoms with E-state index in [0.29, 0.717) is 12.5 Å². The van der Waals surface area contributed by atoms with Gasteiger partial charge in [-0.2, -0.15) is 0 Å². The van der Waals surface area contributed by atoms with Crippen LogP contribution in [0.3, 0.4) is 0 Å². The van der Waals surface area contributed by atoms with Gasteiger partial charge in [0.05, 0.1) is 4.47 Å². The van der Waals surface area contributed by atoms with Gasteiger partial charge in [0.2, 0.25) is 0 Å². The van der Waals surface area contributed by atoms with Crippen LogP contribution >= 0.6 is 15.9 Å². The summed E-state index contributed by atoms with van der Waals surface area (Å²) in [7, 11) is 1.84. The van der Waals surface area contributed by atoms with Gasteiger partial charge in [-0.1, -0.05) is 13.8 Å². The molecule has 1 heterocycles. The first-order chi connectivity index (χ1) is 7.60. The lowest BCUT2D eigenvalue weighted by Gasteiger charge is -2.19. The maximum Gasteiger partial charge on any atom is 0.159 e. The lowest BCUT2D eigenvalue weighted by molar-refractivity contribution is 0.0233. The molecule has 0 bridgehead atoms. The molecule has 1 aromatic rings. The molecule has 1 aromatic heterocycles. The zero-order valence-electron chi connectivity index (χ0n) is 10.1. The van der Waals surface area contributed by atoms with Crippen LogP contribution in [0, 0.1) is 5.92 Å². The largest absolute Gasteiger partial charge is 0.372 e. The maximum atomic E-state index is 5.66. The number of hydrogen-bond acceptors (Lipinski definition) is 4. The van der Waals surface area contributed by atoms with E-state index in [2.05, 4.69) is 45.1 Å². The van der Waals surface area contributed by atoms with Crippen molar-refractivity contribution < 1.29 is 4.74 Å². The Labute approximate surface area is 105 Å². The Morgan fingerprint density at radius 2 is 2.19 bits per heavy atom. The van der Waals surface area contributed by atoms with E-state index in [-0.39, 0.29) is 6.10 Å². The molecule has 0 radical (unpaired) electrons. The van der Waals surface area contributed by atoms with Gasteiger partial charge in [-0.3, -0.25) is 0 Å². The second kappa shape index (κ2) is 6.15. The Hall–Kier alpha value is -0.680. The SMILES string of the molecule is CCOC(c1ncc(Br)c(NC)n1)C(C)C. The minimum Gasteiger partial charge on any atom is -0.372 e. The molecule has 5 heteroatoms. The Bertz CT molecular complexity index is 344. The molecule has 90 valence electrons. The first kappa shape index (κ1) is 13.4. The first-order valence-electron chi connectivity index (χ1n) is 5.41. The summed E-state index contributed by atoms with van der Waals surface area (Å²) in [6, 6.07) is 0. The van der Waals surface area contributed by atoms with Crippen LogP contribution in [0.25, 0.3) is 0 Å². The van der Waals surface area contributed by atoms with Crippen molar-refractivity contribution in [2.75, 3.05) is 19.0 Å². The van der Waals surface area contributed by atoms with Crippen molar-refractivity contribution in [1.82, 2.24) is 9.97 Å². The van der Waals surface area contributed by atoms with Crippen molar-refractivity contribution in [2.24, 2.45) is 5.92 Å². The Kier molecular flexibility index (Phi) is 5.15. The highest BCUT2D eigenvalue weighted by atomic mass is 79.9. The fourth-order valence-corrected chi connectivity index (χ4v) is 1.83. The van der Waals surface area contributed by atoms with E-state index in [4.69, 9.17) is 4.74 Å². The Balaban J connectivity index is 3.00. The molecule has 1 atom stereocenters. The zero-order chi connectivity index (χ0) is 12.1. The average molecular weight is 288 g/mol. The fraction of sp³-hybridized carbons (Fsp3) is 0.636. The summed E-state index contributed by atoms with van der Waals surface area (Å²) in [5, 5.41) is 3.02. The van der Waals surface area contributed by atoms with Crippen molar-refractivity contribution in [2.45, 2.75) is 26.9 Å². The van der Waals surface area contributed by atoms with Gasteiger partial charge >= 0.3 is 0 Å². The molecule has 4 nitrogen and oxygen atoms in total. The van der Waals surface area contributed by atoms with E-state index >= 15 is 0 Å². The highest BCUT2D eigenvalue weighted by Crippen LogP contribution is 2.26. The van der Waals surface area contributed by atoms with Gasteiger partial charge in [-0.05, 0) is 28.8 Å². The molecule has 1 rings (SSSR count). The molecule has 0 aliphatic heterocycles. The summed E-state index contributed by atoms with van der Waals surface area (Å²) in [4.78, 5) is 8.74. The summed E-state index contributed by atoms with van der Waals surface area (Å²) >= 11 is 3.39. The molecular formula is C11H18BrN3O. The van der Waals surface area contributed by atoms with Gasteiger partial charge in [-0.15, -0.1) is 0 Å². The molecule has 0 amide bonds. The number of anilines is 1. The standard InChI is InChI=1S/C11H18BrN3O/c1-5-16-9(7(2)3)11-14-6-8(12)10(13-4)15-11/h6-7,9H,5H2,1-4H3,(H,13,14,15). The monoisotopic (exact) mass is 287 g/mol. The first-order valence-corrected chi connectivity index (χ1v) is 6.21. The summed E-state index contributed by atoms with van der Waals surface area (Å²) in [6.45, 7) is 6.85. The smallest absolute Gasteiger partial charge is 0.159 e. The Morgan fingerprint density at radius 1 is 1.50 bits per heavy atom. The number of aromatic nitrogens is 2. The summed E-state index contributed by atoms with van der Waals surface area (Å²) < 4.78 is 6.52. The quantitative estimate of drug-likeness (QED) is 0.904. The van der Waals surface area contributed by atoms with Gasteiger partial charge in [0, 0.05) is 19.9 Å². The molecule has 0 saturated carbocycles. The number of halogens is 1. The van der Waals surface area contributed by atoms with Gasteiger partial charge in [-0.25, -0.2) is 9.97 Å². The third-order valence-electron chi connectivity index (χ3n) is 2.21. The van der Waals surface area contributed by atoms with E-state index in [1.807, 2.05) is 14.0 Å². The molecule has 1 unspecified atom stereocenters. The number of nitrogens with one attached hydrogen (secondary N) is 1. The van der Waals surface area contributed by atoms with E-state index in [0.717, 1.165) is 16.1 Å². The lowest BCUT2D eigenvalue weighted by Crippen LogP contribution is -2.15. The normalized spacial score (nSPS) is 12.9. The van der Waals surface area contributed by atoms with Crippen LogP contribution in [0.15, 0.2) is 10.7 Å². The highest BCUT2D eigenvalue weighted by Gasteiger charge is 2.19. The molecular weight excluding hydrogens is 270 g/mol. The van der Waals surface area contributed by atoms with E-state index < -0.39 is 0 Å². The third kappa shape index (κ3) is 3.15. The molecule has 16 heavy (non-hydrogen) atoms. The van der Waals surface area contributed by atoms with Crippen molar-refractivity contribution >= 4 is 21.7 Å². The van der Waals surface area contributed by atoms with Crippen molar-refractivity contribution in [3.8, 4) is 0 Å². The average Bonchev–Trinajstić information content (AvgIpc) is 2.26. The van der Waals surface area contributed by atoms with Crippen LogP contribution in [0.1, 0.15) is 32.7 Å². The summed E-state index contributed by atoms with van der Waals surface area (Å²) in [5.41, 5.74) is 0. The van der Waals surface area contributed by atoms with Gasteiger partial charge in [0.15, 0.2) is 5.82 Å².